The molecule has 0 aliphatic heterocycles. The summed E-state index contributed by atoms with van der Waals surface area (Å²) in [6.07, 6.45) is -3.52. The second kappa shape index (κ2) is 4.15. The summed E-state index contributed by atoms with van der Waals surface area (Å²) < 4.78 is 37.6. The number of aliphatic carboxylic acids is 1. The summed E-state index contributed by atoms with van der Waals surface area (Å²) in [4.78, 5) is 10.9. The fourth-order valence-electron chi connectivity index (χ4n) is 1.35. The molecule has 0 aliphatic rings. The van der Waals surface area contributed by atoms with E-state index in [1.807, 2.05) is 0 Å². The van der Waals surface area contributed by atoms with E-state index in [0.717, 1.165) is 16.9 Å². The normalized spacial score (nSPS) is 14.1. The Morgan fingerprint density at radius 2 is 2.06 bits per heavy atom. The van der Waals surface area contributed by atoms with Crippen molar-refractivity contribution in [2.75, 3.05) is 0 Å². The smallest absolute Gasteiger partial charge is 0.435 e. The fraction of sp³-hybridized carbons (Fsp3) is 0.556. The third-order valence-corrected chi connectivity index (χ3v) is 2.07. The average Bonchev–Trinajstić information content (AvgIpc) is 2.50. The van der Waals surface area contributed by atoms with Crippen LogP contribution in [0.3, 0.4) is 0 Å². The second-order valence-electron chi connectivity index (χ2n) is 3.71. The molecule has 0 aliphatic carbocycles. The summed E-state index contributed by atoms with van der Waals surface area (Å²) in [6, 6.07) is -0.325. The predicted molar refractivity (Wildman–Crippen MR) is 48.7 cm³/mol. The van der Waals surface area contributed by atoms with E-state index < -0.39 is 23.9 Å². The maximum absolute atomic E-state index is 12.2. The molecular weight excluding hydrogens is 225 g/mol. The van der Waals surface area contributed by atoms with Crippen LogP contribution in [0.5, 0.6) is 0 Å². The molecule has 0 saturated carbocycles. The minimum absolute atomic E-state index is 0.349. The molecule has 1 aromatic heterocycles. The SMILES string of the molecule is CC(C)[C@@H](C(=O)O)n1ccc(C(F)(F)F)n1. The first-order chi connectivity index (χ1) is 7.23. The van der Waals surface area contributed by atoms with Gasteiger partial charge in [-0.1, -0.05) is 13.8 Å². The number of hydrogen-bond acceptors (Lipinski definition) is 2. The Hall–Kier alpha value is -1.53. The first-order valence-electron chi connectivity index (χ1n) is 4.58. The van der Waals surface area contributed by atoms with Crippen molar-refractivity contribution in [1.82, 2.24) is 9.78 Å². The number of halogens is 3. The van der Waals surface area contributed by atoms with Crippen molar-refractivity contribution in [2.24, 2.45) is 5.92 Å². The van der Waals surface area contributed by atoms with Gasteiger partial charge in [-0.25, -0.2) is 4.79 Å². The van der Waals surface area contributed by atoms with E-state index in [-0.39, 0.29) is 5.92 Å². The lowest BCUT2D eigenvalue weighted by Crippen LogP contribution is -2.25. The van der Waals surface area contributed by atoms with Crippen molar-refractivity contribution >= 4 is 5.97 Å². The van der Waals surface area contributed by atoms with Crippen LogP contribution in [0, 0.1) is 5.92 Å². The molecular formula is C9H11F3N2O2. The number of rotatable bonds is 3. The topological polar surface area (TPSA) is 55.1 Å². The van der Waals surface area contributed by atoms with Gasteiger partial charge in [-0.05, 0) is 12.0 Å². The van der Waals surface area contributed by atoms with Crippen molar-refractivity contribution in [2.45, 2.75) is 26.1 Å². The van der Waals surface area contributed by atoms with Crippen LogP contribution in [0.4, 0.5) is 13.2 Å². The molecule has 0 amide bonds. The molecule has 0 saturated heterocycles. The zero-order valence-corrected chi connectivity index (χ0v) is 8.69. The lowest BCUT2D eigenvalue weighted by atomic mass is 10.1. The van der Waals surface area contributed by atoms with Crippen LogP contribution in [0.1, 0.15) is 25.6 Å². The highest BCUT2D eigenvalue weighted by molar-refractivity contribution is 5.72. The first kappa shape index (κ1) is 12.5. The molecule has 90 valence electrons. The Balaban J connectivity index is 3.04. The third-order valence-electron chi connectivity index (χ3n) is 2.07. The minimum Gasteiger partial charge on any atom is -0.480 e. The summed E-state index contributed by atoms with van der Waals surface area (Å²) in [5.74, 6) is -1.55. The summed E-state index contributed by atoms with van der Waals surface area (Å²) in [6.45, 7) is 3.21. The Labute approximate surface area is 89.7 Å². The summed E-state index contributed by atoms with van der Waals surface area (Å²) in [5.41, 5.74) is -1.08. The van der Waals surface area contributed by atoms with Crippen molar-refractivity contribution in [3.8, 4) is 0 Å². The van der Waals surface area contributed by atoms with Gasteiger partial charge in [0.15, 0.2) is 11.7 Å². The largest absolute Gasteiger partial charge is 0.480 e. The quantitative estimate of drug-likeness (QED) is 0.875. The molecule has 1 rings (SSSR count). The third kappa shape index (κ3) is 2.53. The van der Waals surface area contributed by atoms with Crippen LogP contribution in [0.2, 0.25) is 0 Å². The van der Waals surface area contributed by atoms with Crippen LogP contribution in [-0.4, -0.2) is 20.9 Å². The van der Waals surface area contributed by atoms with Gasteiger partial charge in [0, 0.05) is 6.20 Å². The van der Waals surface area contributed by atoms with Gasteiger partial charge >= 0.3 is 12.1 Å². The van der Waals surface area contributed by atoms with Gasteiger partial charge in [0.25, 0.3) is 0 Å². The van der Waals surface area contributed by atoms with Crippen molar-refractivity contribution in [3.05, 3.63) is 18.0 Å². The standard InChI is InChI=1S/C9H11F3N2O2/c1-5(2)7(8(15)16)14-4-3-6(13-14)9(10,11)12/h3-5,7H,1-2H3,(H,15,16)/t7-/m0/s1. The van der Waals surface area contributed by atoms with E-state index in [2.05, 4.69) is 5.10 Å². The van der Waals surface area contributed by atoms with Gasteiger partial charge in [0.2, 0.25) is 0 Å². The number of hydrogen-bond donors (Lipinski definition) is 1. The summed E-state index contributed by atoms with van der Waals surface area (Å²) in [5, 5.41) is 12.1. The van der Waals surface area contributed by atoms with E-state index in [1.54, 1.807) is 13.8 Å². The van der Waals surface area contributed by atoms with Gasteiger partial charge < -0.3 is 5.11 Å². The molecule has 0 bridgehead atoms. The van der Waals surface area contributed by atoms with Crippen LogP contribution >= 0.6 is 0 Å². The van der Waals surface area contributed by atoms with Gasteiger partial charge in [-0.2, -0.15) is 18.3 Å². The van der Waals surface area contributed by atoms with E-state index in [4.69, 9.17) is 5.11 Å². The summed E-state index contributed by atoms with van der Waals surface area (Å²) in [7, 11) is 0. The number of carbonyl (C=O) groups is 1. The van der Waals surface area contributed by atoms with Gasteiger partial charge in [0.1, 0.15) is 0 Å². The fourth-order valence-corrected chi connectivity index (χ4v) is 1.35. The highest BCUT2D eigenvalue weighted by atomic mass is 19.4. The predicted octanol–water partition coefficient (Wildman–Crippen LogP) is 2.18. The highest BCUT2D eigenvalue weighted by Crippen LogP contribution is 2.28. The Kier molecular flexibility index (Phi) is 3.25. The van der Waals surface area contributed by atoms with Gasteiger partial charge in [-0.15, -0.1) is 0 Å². The van der Waals surface area contributed by atoms with Crippen molar-refractivity contribution in [1.29, 1.82) is 0 Å². The molecule has 0 aromatic carbocycles. The molecule has 0 radical (unpaired) electrons. The molecule has 1 N–H and O–H groups in total. The van der Waals surface area contributed by atoms with Crippen molar-refractivity contribution in [3.63, 3.8) is 0 Å². The lowest BCUT2D eigenvalue weighted by Gasteiger charge is -2.16. The zero-order chi connectivity index (χ0) is 12.5. The molecule has 0 fully saturated rings. The van der Waals surface area contributed by atoms with Crippen LogP contribution in [-0.2, 0) is 11.0 Å². The molecule has 0 spiro atoms. The maximum Gasteiger partial charge on any atom is 0.435 e. The molecule has 0 unspecified atom stereocenters. The maximum atomic E-state index is 12.2. The van der Waals surface area contributed by atoms with Crippen molar-refractivity contribution < 1.29 is 23.1 Å². The Bertz CT molecular complexity index is 384. The number of carboxylic acid groups (broad SMARTS) is 1. The Morgan fingerprint density at radius 3 is 2.38 bits per heavy atom. The van der Waals surface area contributed by atoms with Gasteiger partial charge in [-0.3, -0.25) is 4.68 Å². The first-order valence-corrected chi connectivity index (χ1v) is 4.58. The minimum atomic E-state index is -4.55. The van der Waals surface area contributed by atoms with E-state index in [1.165, 1.54) is 0 Å². The number of alkyl halides is 3. The number of aromatic nitrogens is 2. The number of nitrogens with zero attached hydrogens (tertiary/aromatic N) is 2. The van der Waals surface area contributed by atoms with Gasteiger partial charge in [0.05, 0.1) is 0 Å². The average molecular weight is 236 g/mol. The Morgan fingerprint density at radius 1 is 1.50 bits per heavy atom. The lowest BCUT2D eigenvalue weighted by molar-refractivity contribution is -0.145. The highest BCUT2D eigenvalue weighted by Gasteiger charge is 2.35. The summed E-state index contributed by atoms with van der Waals surface area (Å²) >= 11 is 0. The molecule has 4 nitrogen and oxygen atoms in total. The second-order valence-corrected chi connectivity index (χ2v) is 3.71. The van der Waals surface area contributed by atoms with Crippen LogP contribution in [0.25, 0.3) is 0 Å². The van der Waals surface area contributed by atoms with Crippen LogP contribution < -0.4 is 0 Å². The van der Waals surface area contributed by atoms with E-state index in [9.17, 15) is 18.0 Å². The van der Waals surface area contributed by atoms with E-state index in [0.29, 0.717) is 0 Å². The molecule has 1 atom stereocenters. The number of carboxylic acids is 1. The monoisotopic (exact) mass is 236 g/mol. The molecule has 7 heteroatoms. The molecule has 1 aromatic rings. The molecule has 1 heterocycles. The molecule has 16 heavy (non-hydrogen) atoms. The van der Waals surface area contributed by atoms with E-state index >= 15 is 0 Å². The van der Waals surface area contributed by atoms with Crippen LogP contribution in [0.15, 0.2) is 12.3 Å². The zero-order valence-electron chi connectivity index (χ0n) is 8.69.